The van der Waals surface area contributed by atoms with Crippen molar-refractivity contribution >= 4 is 5.69 Å². The van der Waals surface area contributed by atoms with Crippen molar-refractivity contribution in [3.8, 4) is 0 Å². The van der Waals surface area contributed by atoms with Crippen molar-refractivity contribution in [1.82, 2.24) is 0 Å². The Bertz CT molecular complexity index is 2240. The van der Waals surface area contributed by atoms with Gasteiger partial charge in [-0.3, -0.25) is 0 Å². The predicted molar refractivity (Wildman–Crippen MR) is 237 cm³/mol. The molecule has 0 bridgehead atoms. The van der Waals surface area contributed by atoms with Crippen LogP contribution in [0, 0.1) is 40.9 Å². The van der Waals surface area contributed by atoms with Crippen LogP contribution in [-0.4, -0.2) is 0 Å². The second-order valence-electron chi connectivity index (χ2n) is 19.4. The maximum Gasteiger partial charge on any atom is 0.0461 e. The van der Waals surface area contributed by atoms with E-state index in [2.05, 4.69) is 173 Å². The number of nitrogens with zero attached hydrogens (tertiary/aromatic N) is 1. The third kappa shape index (κ3) is 5.61. The first-order chi connectivity index (χ1) is 27.2. The van der Waals surface area contributed by atoms with Gasteiger partial charge in [0.25, 0.3) is 0 Å². The summed E-state index contributed by atoms with van der Waals surface area (Å²) in [7, 11) is 0. The monoisotopic (exact) mass is 735 g/mol. The Kier molecular flexibility index (Phi) is 8.77. The SMILES string of the molecule is CC1CC=CC=C1C1=C2CCC=CC2C2C=C(C3CC=C(N(C4=CCC(C5=CC=CCC5)C=C4)c4ccc5c(c4)C(C)(C)C4C=CC=CC54C)CC3)C=CC12C. The number of anilines is 1. The van der Waals surface area contributed by atoms with Gasteiger partial charge in [0.15, 0.2) is 0 Å². The van der Waals surface area contributed by atoms with Gasteiger partial charge in [0.2, 0.25) is 0 Å². The minimum atomic E-state index is 0.0391. The van der Waals surface area contributed by atoms with Crippen LogP contribution in [0.4, 0.5) is 5.69 Å². The highest BCUT2D eigenvalue weighted by Crippen LogP contribution is 2.61. The van der Waals surface area contributed by atoms with Crippen LogP contribution < -0.4 is 4.90 Å². The molecule has 9 aliphatic carbocycles. The van der Waals surface area contributed by atoms with Crippen LogP contribution in [0.25, 0.3) is 0 Å². The maximum atomic E-state index is 2.74. The highest BCUT2D eigenvalue weighted by molar-refractivity contribution is 5.67. The van der Waals surface area contributed by atoms with E-state index < -0.39 is 0 Å². The minimum Gasteiger partial charge on any atom is -0.315 e. The van der Waals surface area contributed by atoms with E-state index in [0.717, 1.165) is 25.7 Å². The Morgan fingerprint density at radius 3 is 2.39 bits per heavy atom. The predicted octanol–water partition coefficient (Wildman–Crippen LogP) is 14.1. The van der Waals surface area contributed by atoms with Crippen molar-refractivity contribution in [2.24, 2.45) is 40.9 Å². The van der Waals surface area contributed by atoms with Crippen molar-refractivity contribution < 1.29 is 0 Å². The van der Waals surface area contributed by atoms with E-state index in [-0.39, 0.29) is 16.2 Å². The fraction of sp³-hybridized carbons (Fsp3) is 0.418. The van der Waals surface area contributed by atoms with E-state index in [1.807, 2.05) is 0 Å². The molecule has 9 aliphatic rings. The number of rotatable bonds is 6. The zero-order valence-electron chi connectivity index (χ0n) is 34.5. The third-order valence-corrected chi connectivity index (χ3v) is 15.8. The van der Waals surface area contributed by atoms with Gasteiger partial charge in [-0.15, -0.1) is 0 Å². The van der Waals surface area contributed by atoms with Crippen LogP contribution in [-0.2, 0) is 10.8 Å². The molecule has 0 saturated heterocycles. The molecule has 286 valence electrons. The molecule has 10 rings (SSSR count). The lowest BCUT2D eigenvalue weighted by Gasteiger charge is -2.39. The Morgan fingerprint density at radius 2 is 1.61 bits per heavy atom. The van der Waals surface area contributed by atoms with Crippen molar-refractivity contribution in [3.63, 3.8) is 0 Å². The van der Waals surface area contributed by atoms with Gasteiger partial charge in [0, 0.05) is 45.7 Å². The van der Waals surface area contributed by atoms with Gasteiger partial charge in [-0.05, 0) is 127 Å². The Hall–Kier alpha value is -4.36. The molecule has 0 amide bonds. The van der Waals surface area contributed by atoms with E-state index in [9.17, 15) is 0 Å². The van der Waals surface area contributed by atoms with E-state index in [4.69, 9.17) is 0 Å². The van der Waals surface area contributed by atoms with E-state index in [1.165, 1.54) is 60.3 Å². The van der Waals surface area contributed by atoms with Crippen molar-refractivity contribution in [1.29, 1.82) is 0 Å². The van der Waals surface area contributed by atoms with Gasteiger partial charge in [-0.2, -0.15) is 0 Å². The highest BCUT2D eigenvalue weighted by atomic mass is 15.2. The third-order valence-electron chi connectivity index (χ3n) is 15.8. The summed E-state index contributed by atoms with van der Waals surface area (Å²) in [5.41, 5.74) is 15.4. The number of fused-ring (bicyclic) bond motifs is 6. The average Bonchev–Trinajstić information content (AvgIpc) is 3.59. The Balaban J connectivity index is 0.966. The molecule has 0 N–H and O–H groups in total. The van der Waals surface area contributed by atoms with Crippen LogP contribution in [0.5, 0.6) is 0 Å². The second-order valence-corrected chi connectivity index (χ2v) is 19.4. The summed E-state index contributed by atoms with van der Waals surface area (Å²) < 4.78 is 0. The lowest BCUT2D eigenvalue weighted by Crippen LogP contribution is -2.34. The van der Waals surface area contributed by atoms with Crippen LogP contribution >= 0.6 is 0 Å². The van der Waals surface area contributed by atoms with Gasteiger partial charge in [0.05, 0.1) is 0 Å². The number of hydrogen-bond donors (Lipinski definition) is 0. The van der Waals surface area contributed by atoms with Crippen molar-refractivity contribution in [2.45, 2.75) is 103 Å². The summed E-state index contributed by atoms with van der Waals surface area (Å²) >= 11 is 0. The molecule has 0 radical (unpaired) electrons. The van der Waals surface area contributed by atoms with Gasteiger partial charge >= 0.3 is 0 Å². The topological polar surface area (TPSA) is 3.24 Å². The molecule has 0 aromatic heterocycles. The molecule has 0 fully saturated rings. The number of allylic oxidation sites excluding steroid dienone is 25. The van der Waals surface area contributed by atoms with Crippen LogP contribution in [0.3, 0.4) is 0 Å². The molecule has 0 heterocycles. The van der Waals surface area contributed by atoms with Crippen LogP contribution in [0.15, 0.2) is 173 Å². The molecule has 0 aliphatic heterocycles. The summed E-state index contributed by atoms with van der Waals surface area (Å²) in [6, 6.07) is 7.47. The molecule has 0 saturated carbocycles. The molecule has 56 heavy (non-hydrogen) atoms. The fourth-order valence-corrected chi connectivity index (χ4v) is 12.7. The zero-order valence-corrected chi connectivity index (χ0v) is 34.5. The largest absolute Gasteiger partial charge is 0.315 e. The minimum absolute atomic E-state index is 0.0391. The maximum absolute atomic E-state index is 2.74. The fourth-order valence-electron chi connectivity index (χ4n) is 12.7. The molecule has 0 spiro atoms. The van der Waals surface area contributed by atoms with E-state index in [1.54, 1.807) is 27.9 Å². The molecule has 8 unspecified atom stereocenters. The first kappa shape index (κ1) is 36.0. The second kappa shape index (κ2) is 13.6. The molecule has 1 heteroatoms. The molecule has 1 aromatic carbocycles. The van der Waals surface area contributed by atoms with Gasteiger partial charge in [-0.25, -0.2) is 0 Å². The first-order valence-corrected chi connectivity index (χ1v) is 22.1. The lowest BCUT2D eigenvalue weighted by molar-refractivity contribution is 0.324. The molecule has 8 atom stereocenters. The van der Waals surface area contributed by atoms with Gasteiger partial charge in [0.1, 0.15) is 0 Å². The van der Waals surface area contributed by atoms with Gasteiger partial charge < -0.3 is 4.90 Å². The van der Waals surface area contributed by atoms with Gasteiger partial charge in [-0.1, -0.05) is 161 Å². The quantitative estimate of drug-likeness (QED) is 0.263. The summed E-state index contributed by atoms with van der Waals surface area (Å²) in [5.74, 6) is 3.16. The van der Waals surface area contributed by atoms with Crippen molar-refractivity contribution in [3.05, 3.63) is 184 Å². The summed E-state index contributed by atoms with van der Waals surface area (Å²) in [6.07, 6.45) is 56.8. The van der Waals surface area contributed by atoms with E-state index in [0.29, 0.717) is 35.5 Å². The number of benzene rings is 1. The summed E-state index contributed by atoms with van der Waals surface area (Å²) in [6.45, 7) is 12.4. The smallest absolute Gasteiger partial charge is 0.0461 e. The standard InChI is InChI=1S/C55H61N/c1-37-15-9-10-18-45(37)52-47-20-12-11-19-46(47)49-35-41(32-34-55(49,52)5)40-24-28-43(29-25-40)56(42-26-22-39(23-27-42)38-16-7-6-8-17-38)44-30-31-48-50(36-44)53(2,3)51-21-13-14-33-54(48,51)4/h6-7,9-11,13-14,16,18-19,21-22,26-28,30-37,39-40,46,49,51H,8,12,15,17,20,23-25,29H2,1-5H3. The van der Waals surface area contributed by atoms with Crippen LogP contribution in [0.1, 0.15) is 104 Å². The molecule has 1 nitrogen and oxygen atoms in total. The van der Waals surface area contributed by atoms with Crippen molar-refractivity contribution in [2.75, 3.05) is 4.90 Å². The molecular weight excluding hydrogens is 675 g/mol. The van der Waals surface area contributed by atoms with Crippen LogP contribution in [0.2, 0.25) is 0 Å². The Labute approximate surface area is 337 Å². The summed E-state index contributed by atoms with van der Waals surface area (Å²) in [5, 5.41) is 0. The summed E-state index contributed by atoms with van der Waals surface area (Å²) in [4.78, 5) is 2.65. The zero-order chi connectivity index (χ0) is 38.2. The molecular formula is C55H61N. The molecule has 1 aromatic rings. The lowest BCUT2D eigenvalue weighted by atomic mass is 9.65. The normalized spacial score (nSPS) is 35.9. The Morgan fingerprint density at radius 1 is 0.732 bits per heavy atom. The first-order valence-electron chi connectivity index (χ1n) is 22.1. The average molecular weight is 736 g/mol. The van der Waals surface area contributed by atoms with E-state index >= 15 is 0 Å². The number of hydrogen-bond acceptors (Lipinski definition) is 1. The highest BCUT2D eigenvalue weighted by Gasteiger charge is 2.52.